The fraction of sp³-hybridized carbons (Fsp3) is 0.176. The summed E-state index contributed by atoms with van der Waals surface area (Å²) >= 11 is 3.49. The SMILES string of the molecule is COc1ccc(/C=C\c2cc(Br)c(OC)c(OC)c2)cc1.[RbH]. The minimum absolute atomic E-state index is 0. The van der Waals surface area contributed by atoms with Crippen LogP contribution in [0.4, 0.5) is 0 Å². The van der Waals surface area contributed by atoms with E-state index in [1.165, 1.54) is 0 Å². The Hall–Kier alpha value is -0.135. The van der Waals surface area contributed by atoms with E-state index >= 15 is 0 Å². The summed E-state index contributed by atoms with van der Waals surface area (Å²) in [5, 5.41) is 0. The van der Waals surface area contributed by atoms with E-state index in [2.05, 4.69) is 15.9 Å². The van der Waals surface area contributed by atoms with Gasteiger partial charge in [0.05, 0.1) is 25.8 Å². The van der Waals surface area contributed by atoms with Gasteiger partial charge in [-0.15, -0.1) is 0 Å². The summed E-state index contributed by atoms with van der Waals surface area (Å²) in [5.74, 6) is 2.24. The van der Waals surface area contributed by atoms with E-state index in [1.807, 2.05) is 48.6 Å². The van der Waals surface area contributed by atoms with Crippen LogP contribution in [0.1, 0.15) is 11.1 Å². The fourth-order valence-corrected chi connectivity index (χ4v) is 2.56. The Morgan fingerprint density at radius 1 is 0.818 bits per heavy atom. The molecule has 0 atom stereocenters. The Morgan fingerprint density at radius 3 is 2.00 bits per heavy atom. The van der Waals surface area contributed by atoms with Crippen molar-refractivity contribution in [2.45, 2.75) is 0 Å². The number of hydrogen-bond acceptors (Lipinski definition) is 3. The predicted octanol–water partition coefficient (Wildman–Crippen LogP) is 4.00. The van der Waals surface area contributed by atoms with E-state index in [0.29, 0.717) is 11.5 Å². The number of rotatable bonds is 5. The van der Waals surface area contributed by atoms with Crippen molar-refractivity contribution in [1.82, 2.24) is 0 Å². The van der Waals surface area contributed by atoms with Crippen molar-refractivity contribution in [2.24, 2.45) is 0 Å². The Balaban J connectivity index is 0.00000242. The number of ether oxygens (including phenoxy) is 3. The maximum atomic E-state index is 5.33. The van der Waals surface area contributed by atoms with Gasteiger partial charge in [-0.25, -0.2) is 0 Å². The second kappa shape index (κ2) is 9.88. The van der Waals surface area contributed by atoms with Gasteiger partial charge < -0.3 is 14.2 Å². The molecular weight excluding hydrogens is 418 g/mol. The first-order valence-electron chi connectivity index (χ1n) is 6.41. The predicted molar refractivity (Wildman–Crippen MR) is 96.3 cm³/mol. The van der Waals surface area contributed by atoms with Crippen molar-refractivity contribution in [3.63, 3.8) is 0 Å². The van der Waals surface area contributed by atoms with Crippen LogP contribution in [0.5, 0.6) is 17.2 Å². The maximum absolute atomic E-state index is 5.33. The molecule has 22 heavy (non-hydrogen) atoms. The van der Waals surface area contributed by atoms with Crippen LogP contribution in [0.2, 0.25) is 0 Å². The molecule has 0 saturated carbocycles. The number of hydrogen-bond donors (Lipinski definition) is 0. The number of methoxy groups -OCH3 is 3. The monoisotopic (exact) mass is 434 g/mol. The van der Waals surface area contributed by atoms with Crippen molar-refractivity contribution >= 4 is 86.3 Å². The van der Waals surface area contributed by atoms with E-state index in [-0.39, 0.29) is 58.2 Å². The summed E-state index contributed by atoms with van der Waals surface area (Å²) in [5.41, 5.74) is 2.12. The zero-order chi connectivity index (χ0) is 15.2. The third-order valence-corrected chi connectivity index (χ3v) is 3.63. The zero-order valence-corrected chi connectivity index (χ0v) is 13.8. The van der Waals surface area contributed by atoms with Crippen LogP contribution in [0, 0.1) is 0 Å². The minimum atomic E-state index is 0. The van der Waals surface area contributed by atoms with E-state index in [4.69, 9.17) is 14.2 Å². The second-order valence-corrected chi connectivity index (χ2v) is 5.20. The van der Waals surface area contributed by atoms with Crippen molar-refractivity contribution in [2.75, 3.05) is 21.3 Å². The van der Waals surface area contributed by atoms with Gasteiger partial charge in [0.1, 0.15) is 5.75 Å². The molecule has 2 aromatic rings. The van der Waals surface area contributed by atoms with Crippen LogP contribution in [-0.2, 0) is 0 Å². The molecule has 0 aliphatic carbocycles. The zero-order valence-electron chi connectivity index (χ0n) is 12.2. The summed E-state index contributed by atoms with van der Waals surface area (Å²) < 4.78 is 16.6. The summed E-state index contributed by atoms with van der Waals surface area (Å²) in [4.78, 5) is 0. The van der Waals surface area contributed by atoms with Crippen LogP contribution in [-0.4, -0.2) is 79.5 Å². The van der Waals surface area contributed by atoms with Crippen LogP contribution in [0.15, 0.2) is 40.9 Å². The number of benzene rings is 2. The molecule has 0 aliphatic heterocycles. The standard InChI is InChI=1S/C17H17BrO3.Rb.H/c1-19-14-8-6-12(7-9-14)4-5-13-10-15(18)17(21-3)16(11-13)20-2;;/h4-11H,1-3H3;;/b5-4-;;. The molecule has 112 valence electrons. The van der Waals surface area contributed by atoms with Gasteiger partial charge in [-0.1, -0.05) is 24.3 Å². The Bertz CT molecular complexity index is 639. The van der Waals surface area contributed by atoms with Gasteiger partial charge in [-0.3, -0.25) is 0 Å². The Morgan fingerprint density at radius 2 is 1.45 bits per heavy atom. The quantitative estimate of drug-likeness (QED) is 0.665. The second-order valence-electron chi connectivity index (χ2n) is 4.34. The third-order valence-electron chi connectivity index (χ3n) is 3.04. The molecule has 0 amide bonds. The van der Waals surface area contributed by atoms with E-state index in [0.717, 1.165) is 21.3 Å². The molecule has 2 aromatic carbocycles. The molecule has 0 saturated heterocycles. The molecule has 0 heterocycles. The van der Waals surface area contributed by atoms with E-state index in [1.54, 1.807) is 21.3 Å². The Kier molecular flexibility index (Phi) is 8.94. The van der Waals surface area contributed by atoms with Gasteiger partial charge in [0, 0.05) is 0 Å². The van der Waals surface area contributed by atoms with Crippen LogP contribution < -0.4 is 14.2 Å². The van der Waals surface area contributed by atoms with E-state index < -0.39 is 0 Å². The van der Waals surface area contributed by atoms with E-state index in [9.17, 15) is 0 Å². The normalized spacial score (nSPS) is 10.2. The topological polar surface area (TPSA) is 27.7 Å². The van der Waals surface area contributed by atoms with Crippen molar-refractivity contribution in [1.29, 1.82) is 0 Å². The Labute approximate surface area is 188 Å². The summed E-state index contributed by atoms with van der Waals surface area (Å²) in [6.45, 7) is 0. The molecule has 0 spiro atoms. The molecule has 3 nitrogen and oxygen atoms in total. The molecule has 0 unspecified atom stereocenters. The molecular formula is C17H18BrO3Rb. The summed E-state index contributed by atoms with van der Waals surface area (Å²) in [6.07, 6.45) is 4.06. The summed E-state index contributed by atoms with van der Waals surface area (Å²) in [6, 6.07) is 11.8. The van der Waals surface area contributed by atoms with Gasteiger partial charge in [-0.2, -0.15) is 0 Å². The van der Waals surface area contributed by atoms with Crippen molar-refractivity contribution in [3.8, 4) is 17.2 Å². The summed E-state index contributed by atoms with van der Waals surface area (Å²) in [7, 11) is 4.91. The molecule has 0 bridgehead atoms. The van der Waals surface area contributed by atoms with Crippen molar-refractivity contribution < 1.29 is 14.2 Å². The first kappa shape index (κ1) is 19.9. The fourth-order valence-electron chi connectivity index (χ4n) is 1.94. The molecule has 2 rings (SSSR count). The van der Waals surface area contributed by atoms with Crippen LogP contribution in [0.3, 0.4) is 0 Å². The molecule has 0 aromatic heterocycles. The van der Waals surface area contributed by atoms with Gasteiger partial charge in [-0.05, 0) is 51.3 Å². The van der Waals surface area contributed by atoms with Crippen LogP contribution in [0.25, 0.3) is 12.2 Å². The van der Waals surface area contributed by atoms with Gasteiger partial charge in [0.25, 0.3) is 0 Å². The number of halogens is 1. The molecule has 0 aliphatic rings. The third kappa shape index (κ3) is 5.20. The first-order valence-corrected chi connectivity index (χ1v) is 7.21. The molecule has 0 fully saturated rings. The van der Waals surface area contributed by atoms with Gasteiger partial charge in [0.15, 0.2) is 11.5 Å². The van der Waals surface area contributed by atoms with Gasteiger partial charge >= 0.3 is 58.2 Å². The average Bonchev–Trinajstić information content (AvgIpc) is 2.52. The molecule has 0 radical (unpaired) electrons. The molecule has 0 N–H and O–H groups in total. The van der Waals surface area contributed by atoms with Crippen LogP contribution >= 0.6 is 15.9 Å². The molecule has 5 heteroatoms. The van der Waals surface area contributed by atoms with Gasteiger partial charge in [0.2, 0.25) is 0 Å². The van der Waals surface area contributed by atoms with Crippen molar-refractivity contribution in [3.05, 3.63) is 52.0 Å². The first-order chi connectivity index (χ1) is 10.2. The average molecular weight is 436 g/mol.